The lowest BCUT2D eigenvalue weighted by atomic mass is 10.0. The van der Waals surface area contributed by atoms with Crippen LogP contribution in [0.4, 0.5) is 14.6 Å². The molecule has 8 heteroatoms. The van der Waals surface area contributed by atoms with Gasteiger partial charge < -0.3 is 15.9 Å². The van der Waals surface area contributed by atoms with Crippen molar-refractivity contribution < 1.29 is 8.78 Å². The largest absolute Gasteiger partial charge is 0.382 e. The normalized spacial score (nSPS) is 11.3. The van der Waals surface area contributed by atoms with E-state index in [9.17, 15) is 8.78 Å². The number of anilines is 1. The van der Waals surface area contributed by atoms with E-state index in [1.807, 2.05) is 29.7 Å². The zero-order chi connectivity index (χ0) is 19.1. The predicted octanol–water partition coefficient (Wildman–Crippen LogP) is 3.09. The quantitative estimate of drug-likeness (QED) is 0.581. The molecule has 136 valence electrons. The molecule has 4 aromatic rings. The van der Waals surface area contributed by atoms with Gasteiger partial charge in [0, 0.05) is 41.8 Å². The number of imidazole rings is 1. The van der Waals surface area contributed by atoms with Gasteiger partial charge in [0.15, 0.2) is 0 Å². The molecular formula is C19H16F2N6. The van der Waals surface area contributed by atoms with Crippen LogP contribution in [-0.4, -0.2) is 19.4 Å². The summed E-state index contributed by atoms with van der Waals surface area (Å²) < 4.78 is 29.4. The molecule has 0 aliphatic rings. The Labute approximate surface area is 153 Å². The van der Waals surface area contributed by atoms with Gasteiger partial charge in [-0.05, 0) is 31.2 Å². The number of nitrogens with zero attached hydrogens (tertiary/aromatic N) is 4. The second kappa shape index (κ2) is 6.40. The number of benzene rings is 1. The fourth-order valence-electron chi connectivity index (χ4n) is 2.97. The number of pyridine rings is 1. The minimum atomic E-state index is -0.708. The van der Waals surface area contributed by atoms with Gasteiger partial charge in [0.1, 0.15) is 23.1 Å². The van der Waals surface area contributed by atoms with Gasteiger partial charge in [-0.2, -0.15) is 0 Å². The first-order valence-electron chi connectivity index (χ1n) is 8.23. The maximum Gasteiger partial charge on any atom is 0.147 e. The van der Waals surface area contributed by atoms with Crippen molar-refractivity contribution >= 4 is 11.5 Å². The fourth-order valence-corrected chi connectivity index (χ4v) is 2.97. The first kappa shape index (κ1) is 17.0. The maximum atomic E-state index is 13.8. The summed E-state index contributed by atoms with van der Waals surface area (Å²) in [6.07, 6.45) is 3.60. The highest BCUT2D eigenvalue weighted by Gasteiger charge is 2.17. The number of aromatic nitrogens is 4. The lowest BCUT2D eigenvalue weighted by Crippen LogP contribution is -2.09. The number of nitrogens with two attached hydrogens (primary N) is 2. The molecule has 0 saturated carbocycles. The molecule has 27 heavy (non-hydrogen) atoms. The monoisotopic (exact) mass is 366 g/mol. The Kier molecular flexibility index (Phi) is 4.04. The van der Waals surface area contributed by atoms with Gasteiger partial charge in [0.25, 0.3) is 0 Å². The van der Waals surface area contributed by atoms with Crippen LogP contribution in [0.2, 0.25) is 0 Å². The summed E-state index contributed by atoms with van der Waals surface area (Å²) in [4.78, 5) is 13.2. The molecule has 0 bridgehead atoms. The average Bonchev–Trinajstić information content (AvgIpc) is 3.01. The minimum absolute atomic E-state index is 0.0932. The zero-order valence-electron chi connectivity index (χ0n) is 14.4. The SMILES string of the molecule is Cc1cnc2ccc(-c3nc(CN)c(N)nc3-c3cc(F)cc(F)c3)cn12. The minimum Gasteiger partial charge on any atom is -0.382 e. The van der Waals surface area contributed by atoms with Crippen LogP contribution in [0, 0.1) is 18.6 Å². The van der Waals surface area contributed by atoms with Crippen LogP contribution in [0.1, 0.15) is 11.4 Å². The molecule has 0 spiro atoms. The predicted molar refractivity (Wildman–Crippen MR) is 98.6 cm³/mol. The van der Waals surface area contributed by atoms with E-state index in [0.29, 0.717) is 17.0 Å². The number of hydrogen-bond acceptors (Lipinski definition) is 5. The van der Waals surface area contributed by atoms with Gasteiger partial charge in [-0.1, -0.05) is 0 Å². The summed E-state index contributed by atoms with van der Waals surface area (Å²) in [6.45, 7) is 2.02. The van der Waals surface area contributed by atoms with Gasteiger partial charge >= 0.3 is 0 Å². The van der Waals surface area contributed by atoms with E-state index in [2.05, 4.69) is 15.0 Å². The molecule has 0 aliphatic carbocycles. The Hall–Kier alpha value is -3.39. The van der Waals surface area contributed by atoms with Crippen LogP contribution in [0.15, 0.2) is 42.7 Å². The lowest BCUT2D eigenvalue weighted by molar-refractivity contribution is 0.584. The van der Waals surface area contributed by atoms with E-state index < -0.39 is 11.6 Å². The molecule has 0 unspecified atom stereocenters. The summed E-state index contributed by atoms with van der Waals surface area (Å²) >= 11 is 0. The molecule has 1 aromatic carbocycles. The van der Waals surface area contributed by atoms with Gasteiger partial charge in [0.05, 0.1) is 17.1 Å². The second-order valence-electron chi connectivity index (χ2n) is 6.16. The number of aryl methyl sites for hydroxylation is 1. The molecule has 0 fully saturated rings. The Morgan fingerprint density at radius 1 is 1.00 bits per heavy atom. The van der Waals surface area contributed by atoms with Gasteiger partial charge in [0.2, 0.25) is 0 Å². The van der Waals surface area contributed by atoms with E-state index in [0.717, 1.165) is 17.4 Å². The summed E-state index contributed by atoms with van der Waals surface area (Å²) in [5.74, 6) is -1.29. The highest BCUT2D eigenvalue weighted by Crippen LogP contribution is 2.32. The van der Waals surface area contributed by atoms with Crippen LogP contribution >= 0.6 is 0 Å². The lowest BCUT2D eigenvalue weighted by Gasteiger charge is -2.13. The molecule has 0 aliphatic heterocycles. The number of nitrogen functional groups attached to an aromatic ring is 1. The smallest absolute Gasteiger partial charge is 0.147 e. The van der Waals surface area contributed by atoms with Crippen molar-refractivity contribution in [3.8, 4) is 22.5 Å². The molecule has 6 nitrogen and oxygen atoms in total. The summed E-state index contributed by atoms with van der Waals surface area (Å²) in [6, 6.07) is 6.84. The molecule has 0 radical (unpaired) electrons. The first-order chi connectivity index (χ1) is 13.0. The third-order valence-electron chi connectivity index (χ3n) is 4.29. The van der Waals surface area contributed by atoms with E-state index in [1.54, 1.807) is 6.20 Å². The molecule has 3 aromatic heterocycles. The number of hydrogen-bond donors (Lipinski definition) is 2. The zero-order valence-corrected chi connectivity index (χ0v) is 14.4. The Balaban J connectivity index is 2.00. The van der Waals surface area contributed by atoms with E-state index in [-0.39, 0.29) is 23.6 Å². The molecule has 4 N–H and O–H groups in total. The van der Waals surface area contributed by atoms with Gasteiger partial charge in [-0.15, -0.1) is 0 Å². The summed E-state index contributed by atoms with van der Waals surface area (Å²) in [7, 11) is 0. The van der Waals surface area contributed by atoms with Gasteiger partial charge in [-0.25, -0.2) is 23.7 Å². The standard InChI is InChI=1S/C19H16F2N6/c1-10-8-24-16-3-2-11(9-27(10)16)17-18(26-19(23)15(7-22)25-17)12-4-13(20)6-14(21)5-12/h2-6,8-9H,7,22H2,1H3,(H2,23,26). The van der Waals surface area contributed by atoms with Crippen molar-refractivity contribution in [2.75, 3.05) is 5.73 Å². The number of halogens is 2. The van der Waals surface area contributed by atoms with Crippen LogP contribution in [0.5, 0.6) is 0 Å². The second-order valence-corrected chi connectivity index (χ2v) is 6.16. The third-order valence-corrected chi connectivity index (χ3v) is 4.29. The highest BCUT2D eigenvalue weighted by molar-refractivity contribution is 5.79. The molecule has 4 rings (SSSR count). The summed E-state index contributed by atoms with van der Waals surface area (Å²) in [5.41, 5.74) is 15.4. The molecular weight excluding hydrogens is 350 g/mol. The molecule has 3 heterocycles. The third kappa shape index (κ3) is 3.00. The topological polar surface area (TPSA) is 95.1 Å². The maximum absolute atomic E-state index is 13.8. The molecule has 0 amide bonds. The highest BCUT2D eigenvalue weighted by atomic mass is 19.1. The summed E-state index contributed by atoms with van der Waals surface area (Å²) in [5, 5.41) is 0. The van der Waals surface area contributed by atoms with E-state index in [4.69, 9.17) is 11.5 Å². The van der Waals surface area contributed by atoms with Crippen molar-refractivity contribution in [1.29, 1.82) is 0 Å². The first-order valence-corrected chi connectivity index (χ1v) is 8.23. The van der Waals surface area contributed by atoms with Crippen LogP contribution < -0.4 is 11.5 Å². The Morgan fingerprint density at radius 3 is 2.41 bits per heavy atom. The average molecular weight is 366 g/mol. The molecule has 0 saturated heterocycles. The van der Waals surface area contributed by atoms with Crippen molar-refractivity contribution in [2.45, 2.75) is 13.5 Å². The fraction of sp³-hybridized carbons (Fsp3) is 0.105. The van der Waals surface area contributed by atoms with Crippen LogP contribution in [-0.2, 0) is 6.54 Å². The number of fused-ring (bicyclic) bond motifs is 1. The van der Waals surface area contributed by atoms with Gasteiger partial charge in [-0.3, -0.25) is 0 Å². The van der Waals surface area contributed by atoms with Crippen molar-refractivity contribution in [2.24, 2.45) is 5.73 Å². The Bertz CT molecular complexity index is 1150. The molecule has 0 atom stereocenters. The number of rotatable bonds is 3. The van der Waals surface area contributed by atoms with Crippen molar-refractivity contribution in [3.05, 3.63) is 65.7 Å². The van der Waals surface area contributed by atoms with Crippen molar-refractivity contribution in [1.82, 2.24) is 19.4 Å². The Morgan fingerprint density at radius 2 is 1.70 bits per heavy atom. The van der Waals surface area contributed by atoms with E-state index in [1.165, 1.54) is 12.1 Å². The van der Waals surface area contributed by atoms with Crippen LogP contribution in [0.3, 0.4) is 0 Å². The van der Waals surface area contributed by atoms with Crippen LogP contribution in [0.25, 0.3) is 28.2 Å². The van der Waals surface area contributed by atoms with Crippen molar-refractivity contribution in [3.63, 3.8) is 0 Å². The van der Waals surface area contributed by atoms with E-state index >= 15 is 0 Å².